The average molecular weight is 557 g/mol. The minimum absolute atomic E-state index is 0.00119. The molecule has 3 aromatic rings. The summed E-state index contributed by atoms with van der Waals surface area (Å²) in [5.74, 6) is -2.69. The summed E-state index contributed by atoms with van der Waals surface area (Å²) in [4.78, 5) is 51.0. The van der Waals surface area contributed by atoms with Crippen LogP contribution in [0.25, 0.3) is 5.69 Å². The van der Waals surface area contributed by atoms with Gasteiger partial charge in [-0.05, 0) is 23.8 Å². The number of hydrogen-bond acceptors (Lipinski definition) is 6. The molecule has 3 aliphatic rings. The van der Waals surface area contributed by atoms with Crippen molar-refractivity contribution in [1.29, 1.82) is 0 Å². The van der Waals surface area contributed by atoms with Crippen LogP contribution in [-0.4, -0.2) is 59.7 Å². The lowest BCUT2D eigenvalue weighted by atomic mass is 9.64. The number of amides is 2. The van der Waals surface area contributed by atoms with Gasteiger partial charge in [-0.25, -0.2) is 23.5 Å². The molecule has 38 heavy (non-hydrogen) atoms. The summed E-state index contributed by atoms with van der Waals surface area (Å²) in [6.07, 6.45) is 1.49. The number of nitrogens with zero attached hydrogens (tertiary/aromatic N) is 4. The number of fused-ring (bicyclic) bond motifs is 4. The summed E-state index contributed by atoms with van der Waals surface area (Å²) in [6.45, 7) is 0.00119. The van der Waals surface area contributed by atoms with E-state index in [4.69, 9.17) is 27.9 Å². The molecule has 0 spiro atoms. The van der Waals surface area contributed by atoms with Crippen LogP contribution in [0, 0.1) is 0 Å². The van der Waals surface area contributed by atoms with E-state index in [0.29, 0.717) is 11.3 Å². The number of carbonyl (C=O) groups is 2. The molecule has 6 rings (SSSR count). The van der Waals surface area contributed by atoms with Gasteiger partial charge in [0.15, 0.2) is 21.2 Å². The van der Waals surface area contributed by atoms with E-state index < -0.39 is 44.9 Å². The maximum Gasteiger partial charge on any atom is 0.352 e. The summed E-state index contributed by atoms with van der Waals surface area (Å²) >= 11 is 14.2. The average Bonchev–Trinajstić information content (AvgIpc) is 3.24. The van der Waals surface area contributed by atoms with Crippen LogP contribution in [0.1, 0.15) is 23.9 Å². The van der Waals surface area contributed by atoms with Gasteiger partial charge in [-0.3, -0.25) is 14.5 Å². The van der Waals surface area contributed by atoms with Gasteiger partial charge < -0.3 is 9.84 Å². The maximum atomic E-state index is 13.8. The molecule has 1 saturated carbocycles. The molecule has 0 unspecified atom stereocenters. The molecule has 4 atom stereocenters. The Morgan fingerprint density at radius 1 is 0.974 bits per heavy atom. The third kappa shape index (κ3) is 2.84. The molecule has 2 aromatic carbocycles. The van der Waals surface area contributed by atoms with Crippen molar-refractivity contribution in [2.45, 2.75) is 34.7 Å². The molecule has 1 N–H and O–H groups in total. The Hall–Kier alpha value is -3.76. The Morgan fingerprint density at radius 3 is 2.37 bits per heavy atom. The van der Waals surface area contributed by atoms with Crippen molar-refractivity contribution >= 4 is 35.0 Å². The number of halogens is 2. The van der Waals surface area contributed by atoms with Gasteiger partial charge in [0.2, 0.25) is 0 Å². The van der Waals surface area contributed by atoms with E-state index in [2.05, 4.69) is 0 Å². The van der Waals surface area contributed by atoms with E-state index in [9.17, 15) is 24.3 Å². The third-order valence-electron chi connectivity index (χ3n) is 7.86. The smallest absolute Gasteiger partial charge is 0.352 e. The number of para-hydroxylation sites is 2. The molecule has 2 aliphatic heterocycles. The van der Waals surface area contributed by atoms with Crippen molar-refractivity contribution in [3.8, 4) is 17.2 Å². The molecular formula is C26H22Cl2N4O6. The Morgan fingerprint density at radius 2 is 1.68 bits per heavy atom. The lowest BCUT2D eigenvalue weighted by molar-refractivity contribution is -0.137. The SMILES string of the molecule is COc1cccc([C@H]2C3=CCn4c(=O)n(-c5ccccc5)c(=O)n4[C@@H]3C[C@@]3(Cl)C(=O)N(C)C(=O)[C@@]23Cl)c1O. The zero-order valence-electron chi connectivity index (χ0n) is 20.3. The predicted octanol–water partition coefficient (Wildman–Crippen LogP) is 2.14. The highest BCUT2D eigenvalue weighted by Crippen LogP contribution is 2.64. The quantitative estimate of drug-likeness (QED) is 0.300. The number of allylic oxidation sites excluding steroid dienone is 2. The van der Waals surface area contributed by atoms with E-state index in [0.717, 1.165) is 9.47 Å². The van der Waals surface area contributed by atoms with Gasteiger partial charge in [-0.1, -0.05) is 36.4 Å². The Bertz CT molecular complexity index is 1670. The number of aromatic hydroxyl groups is 1. The molecule has 196 valence electrons. The highest BCUT2D eigenvalue weighted by molar-refractivity contribution is 6.53. The monoisotopic (exact) mass is 556 g/mol. The van der Waals surface area contributed by atoms with Gasteiger partial charge in [0.05, 0.1) is 25.4 Å². The van der Waals surface area contributed by atoms with Crippen molar-refractivity contribution < 1.29 is 19.4 Å². The Balaban J connectivity index is 1.64. The van der Waals surface area contributed by atoms with E-state index in [-0.39, 0.29) is 30.0 Å². The second-order valence-electron chi connectivity index (χ2n) is 9.60. The molecule has 12 heteroatoms. The largest absolute Gasteiger partial charge is 0.504 e. The van der Waals surface area contributed by atoms with E-state index >= 15 is 0 Å². The van der Waals surface area contributed by atoms with Crippen molar-refractivity contribution in [1.82, 2.24) is 18.8 Å². The molecular weight excluding hydrogens is 535 g/mol. The molecule has 1 aromatic heterocycles. The topological polar surface area (TPSA) is 116 Å². The summed E-state index contributed by atoms with van der Waals surface area (Å²) in [5, 5.41) is 11.1. The highest BCUT2D eigenvalue weighted by atomic mass is 35.5. The minimum atomic E-state index is -2.01. The van der Waals surface area contributed by atoms with Crippen LogP contribution < -0.4 is 16.1 Å². The zero-order chi connectivity index (χ0) is 27.1. The molecule has 0 bridgehead atoms. The number of alkyl halides is 2. The van der Waals surface area contributed by atoms with E-state index in [1.807, 2.05) is 0 Å². The maximum absolute atomic E-state index is 13.8. The number of aromatic nitrogens is 3. The highest BCUT2D eigenvalue weighted by Gasteiger charge is 2.75. The molecule has 1 aliphatic carbocycles. The van der Waals surface area contributed by atoms with Gasteiger partial charge in [0.1, 0.15) is 0 Å². The number of carbonyl (C=O) groups excluding carboxylic acids is 2. The van der Waals surface area contributed by atoms with Crippen LogP contribution in [0.2, 0.25) is 0 Å². The van der Waals surface area contributed by atoms with Gasteiger partial charge in [0, 0.05) is 24.9 Å². The first-order valence-electron chi connectivity index (χ1n) is 11.8. The fourth-order valence-electron chi connectivity index (χ4n) is 6.09. The van der Waals surface area contributed by atoms with Crippen LogP contribution in [0.5, 0.6) is 11.5 Å². The molecule has 10 nitrogen and oxygen atoms in total. The number of rotatable bonds is 3. The van der Waals surface area contributed by atoms with Crippen molar-refractivity contribution in [2.75, 3.05) is 14.2 Å². The van der Waals surface area contributed by atoms with Gasteiger partial charge >= 0.3 is 11.4 Å². The fraction of sp³-hybridized carbons (Fsp3) is 0.308. The molecule has 2 amide bonds. The summed E-state index contributed by atoms with van der Waals surface area (Å²) in [5.41, 5.74) is -0.102. The minimum Gasteiger partial charge on any atom is -0.504 e. The van der Waals surface area contributed by atoms with Gasteiger partial charge in [-0.2, -0.15) is 0 Å². The number of imide groups is 1. The van der Waals surface area contributed by atoms with Crippen LogP contribution in [0.15, 0.2) is 69.8 Å². The standard InChI is InChI=1S/C26H22Cl2N4O6/c1-29-21(34)25(27)13-17-15(19(26(25,28)22(29)35)16-9-6-10-18(38-2)20(16)33)11-12-30-23(36)31(24(37)32(17)30)14-7-4-3-5-8-14/h3-11,17,19,33H,12-13H2,1-2H3/t17-,19-,25-,26+/m1/s1. The molecule has 2 fully saturated rings. The van der Waals surface area contributed by atoms with Crippen molar-refractivity contribution in [3.05, 3.63) is 86.7 Å². The lowest BCUT2D eigenvalue weighted by Gasteiger charge is -2.49. The molecule has 3 heterocycles. The number of phenols is 1. The van der Waals surface area contributed by atoms with Crippen molar-refractivity contribution in [2.24, 2.45) is 0 Å². The first kappa shape index (κ1) is 24.6. The Kier molecular flexibility index (Phi) is 5.25. The number of benzene rings is 2. The third-order valence-corrected chi connectivity index (χ3v) is 9.27. The number of methoxy groups -OCH3 is 1. The van der Waals surface area contributed by atoms with Gasteiger partial charge in [-0.15, -0.1) is 23.2 Å². The van der Waals surface area contributed by atoms with E-state index in [1.54, 1.807) is 54.6 Å². The normalized spacial score (nSPS) is 28.0. The predicted molar refractivity (Wildman–Crippen MR) is 138 cm³/mol. The summed E-state index contributed by atoms with van der Waals surface area (Å²) in [6, 6.07) is 12.3. The van der Waals surface area contributed by atoms with Gasteiger partial charge in [0.25, 0.3) is 11.8 Å². The number of phenolic OH excluding ortho intramolecular Hbond substituents is 1. The number of likely N-dealkylation sites (tertiary alicyclic amines) is 1. The van der Waals surface area contributed by atoms with Crippen LogP contribution in [-0.2, 0) is 16.1 Å². The van der Waals surface area contributed by atoms with Crippen LogP contribution in [0.3, 0.4) is 0 Å². The molecule has 1 saturated heterocycles. The zero-order valence-corrected chi connectivity index (χ0v) is 21.8. The lowest BCUT2D eigenvalue weighted by Crippen LogP contribution is -2.59. The number of hydrogen-bond donors (Lipinski definition) is 1. The first-order valence-corrected chi connectivity index (χ1v) is 12.6. The van der Waals surface area contributed by atoms with Crippen LogP contribution in [0.4, 0.5) is 0 Å². The summed E-state index contributed by atoms with van der Waals surface area (Å²) in [7, 11) is 2.68. The second kappa shape index (κ2) is 8.12. The molecule has 0 radical (unpaired) electrons. The van der Waals surface area contributed by atoms with Crippen molar-refractivity contribution in [3.63, 3.8) is 0 Å². The first-order chi connectivity index (χ1) is 18.1. The van der Waals surface area contributed by atoms with Crippen LogP contribution >= 0.6 is 23.2 Å². The fourth-order valence-corrected chi connectivity index (χ4v) is 7.08. The second-order valence-corrected chi connectivity index (χ2v) is 10.8. The Labute approximate surface area is 225 Å². The number of ether oxygens (including phenoxy) is 1. The van der Waals surface area contributed by atoms with E-state index in [1.165, 1.54) is 23.5 Å². The summed E-state index contributed by atoms with van der Waals surface area (Å²) < 4.78 is 8.88.